The summed E-state index contributed by atoms with van der Waals surface area (Å²) in [4.78, 5) is 0. The zero-order valence-corrected chi connectivity index (χ0v) is 22.7. The molecular weight excluding hydrogens is 528 g/mol. The zero-order valence-electron chi connectivity index (χ0n) is 22.7. The van der Waals surface area contributed by atoms with Crippen LogP contribution >= 0.6 is 0 Å². The van der Waals surface area contributed by atoms with Crippen molar-refractivity contribution in [1.82, 2.24) is 9.13 Å². The van der Waals surface area contributed by atoms with Crippen LogP contribution < -0.4 is 0 Å². The fourth-order valence-corrected chi connectivity index (χ4v) is 6.77. The van der Waals surface area contributed by atoms with Gasteiger partial charge in [0.05, 0.1) is 50.7 Å². The van der Waals surface area contributed by atoms with E-state index in [1.165, 1.54) is 0 Å². The van der Waals surface area contributed by atoms with Crippen molar-refractivity contribution in [2.24, 2.45) is 0 Å². The molecule has 0 saturated carbocycles. The van der Waals surface area contributed by atoms with Gasteiger partial charge in [0.1, 0.15) is 11.2 Å². The van der Waals surface area contributed by atoms with Crippen LogP contribution in [0.25, 0.3) is 76.9 Å². The average molecular weight is 549 g/mol. The van der Waals surface area contributed by atoms with Gasteiger partial charge in [-0.3, -0.25) is 0 Å². The van der Waals surface area contributed by atoms with Gasteiger partial charge in [0.2, 0.25) is 0 Å². The van der Waals surface area contributed by atoms with Gasteiger partial charge in [0.25, 0.3) is 0 Å². The lowest BCUT2D eigenvalue weighted by atomic mass is 10.1. The number of furan rings is 1. The number of hydrogen-bond acceptors (Lipinski definition) is 3. The van der Waals surface area contributed by atoms with E-state index in [1.807, 2.05) is 60.7 Å². The number of benzene rings is 6. The molecule has 0 aliphatic carbocycles. The Labute approximate surface area is 245 Å². The van der Waals surface area contributed by atoms with Crippen molar-refractivity contribution in [2.45, 2.75) is 0 Å². The molecule has 0 aliphatic heterocycles. The molecule has 0 spiro atoms. The van der Waals surface area contributed by atoms with Crippen LogP contribution in [0.4, 0.5) is 0 Å². The van der Waals surface area contributed by atoms with Crippen LogP contribution in [-0.4, -0.2) is 9.13 Å². The van der Waals surface area contributed by atoms with Gasteiger partial charge in [-0.05, 0) is 66.7 Å². The average Bonchev–Trinajstić information content (AvgIpc) is 3.71. The third-order valence-corrected chi connectivity index (χ3v) is 8.52. The van der Waals surface area contributed by atoms with Gasteiger partial charge in [-0.1, -0.05) is 54.6 Å². The molecule has 9 aromatic rings. The van der Waals surface area contributed by atoms with E-state index in [0.29, 0.717) is 11.1 Å². The van der Waals surface area contributed by atoms with Gasteiger partial charge in [-0.15, -0.1) is 0 Å². The topological polar surface area (TPSA) is 70.6 Å². The minimum atomic E-state index is 0.558. The summed E-state index contributed by atoms with van der Waals surface area (Å²) in [7, 11) is 0. The lowest BCUT2D eigenvalue weighted by molar-refractivity contribution is 0.669. The maximum Gasteiger partial charge on any atom is 0.137 e. The van der Waals surface area contributed by atoms with Gasteiger partial charge < -0.3 is 13.6 Å². The van der Waals surface area contributed by atoms with Crippen LogP contribution in [0.5, 0.6) is 0 Å². The van der Waals surface area contributed by atoms with E-state index in [9.17, 15) is 10.5 Å². The second-order valence-electron chi connectivity index (χ2n) is 10.8. The zero-order chi connectivity index (χ0) is 28.7. The molecule has 0 aliphatic rings. The molecule has 198 valence electrons. The number of rotatable bonds is 2. The first-order valence-corrected chi connectivity index (χ1v) is 14.1. The summed E-state index contributed by atoms with van der Waals surface area (Å²) in [6.45, 7) is 0. The van der Waals surface area contributed by atoms with Gasteiger partial charge in [-0.25, -0.2) is 0 Å². The molecule has 6 aromatic carbocycles. The van der Waals surface area contributed by atoms with Crippen LogP contribution in [0.3, 0.4) is 0 Å². The van der Waals surface area contributed by atoms with Crippen molar-refractivity contribution in [3.05, 3.63) is 132 Å². The second kappa shape index (κ2) is 8.60. The summed E-state index contributed by atoms with van der Waals surface area (Å²) in [6.07, 6.45) is 0. The molecule has 3 heterocycles. The first kappa shape index (κ1) is 23.4. The minimum Gasteiger partial charge on any atom is -0.456 e. The molecule has 3 aromatic heterocycles. The first-order chi connectivity index (χ1) is 21.2. The third kappa shape index (κ3) is 3.19. The number of nitrogens with zero attached hydrogens (tertiary/aromatic N) is 4. The summed E-state index contributed by atoms with van der Waals surface area (Å²) in [5.41, 5.74) is 8.69. The number of nitriles is 2. The van der Waals surface area contributed by atoms with Crippen molar-refractivity contribution in [3.8, 4) is 23.5 Å². The smallest absolute Gasteiger partial charge is 0.137 e. The Bertz CT molecular complexity index is 2710. The highest BCUT2D eigenvalue weighted by atomic mass is 16.3. The maximum absolute atomic E-state index is 10.3. The minimum absolute atomic E-state index is 0.558. The predicted molar refractivity (Wildman–Crippen MR) is 172 cm³/mol. The molecule has 0 radical (unpaired) electrons. The lowest BCUT2D eigenvalue weighted by Gasteiger charge is -2.14. The highest BCUT2D eigenvalue weighted by Crippen LogP contribution is 2.41. The first-order valence-electron chi connectivity index (χ1n) is 14.1. The Balaban J connectivity index is 1.43. The molecule has 9 rings (SSSR count). The Morgan fingerprint density at radius 2 is 1.09 bits per heavy atom. The molecule has 43 heavy (non-hydrogen) atoms. The highest BCUT2D eigenvalue weighted by molar-refractivity contribution is 6.24. The molecule has 0 atom stereocenters. The maximum atomic E-state index is 10.3. The van der Waals surface area contributed by atoms with E-state index in [2.05, 4.69) is 81.9 Å². The van der Waals surface area contributed by atoms with Crippen molar-refractivity contribution >= 4 is 65.6 Å². The van der Waals surface area contributed by atoms with Crippen LogP contribution in [0.2, 0.25) is 0 Å². The van der Waals surface area contributed by atoms with E-state index < -0.39 is 0 Å². The molecule has 0 bridgehead atoms. The van der Waals surface area contributed by atoms with Crippen LogP contribution in [0.15, 0.2) is 126 Å². The Hall–Kier alpha value is -6.30. The van der Waals surface area contributed by atoms with E-state index in [1.54, 1.807) is 0 Å². The summed E-state index contributed by atoms with van der Waals surface area (Å²) >= 11 is 0. The monoisotopic (exact) mass is 548 g/mol. The number of aromatic nitrogens is 2. The van der Waals surface area contributed by atoms with Gasteiger partial charge in [0.15, 0.2) is 0 Å². The van der Waals surface area contributed by atoms with Crippen molar-refractivity contribution in [1.29, 1.82) is 10.5 Å². The molecule has 0 unspecified atom stereocenters. The van der Waals surface area contributed by atoms with E-state index in [4.69, 9.17) is 4.42 Å². The molecular formula is C38H20N4O. The fourth-order valence-electron chi connectivity index (χ4n) is 6.77. The van der Waals surface area contributed by atoms with Crippen molar-refractivity contribution < 1.29 is 4.42 Å². The van der Waals surface area contributed by atoms with Crippen LogP contribution in [0.1, 0.15) is 11.1 Å². The van der Waals surface area contributed by atoms with Crippen molar-refractivity contribution in [2.75, 3.05) is 0 Å². The SMILES string of the molecule is N#Cc1cc(-n2c3ccccc3c3cc(C#N)ccc32)cc(-n2c3ccccc3c3ccc4oc5ccccc5c4c32)c1. The van der Waals surface area contributed by atoms with E-state index in [0.717, 1.165) is 76.9 Å². The summed E-state index contributed by atoms with van der Waals surface area (Å²) in [6, 6.07) is 45.4. The quantitative estimate of drug-likeness (QED) is 0.216. The predicted octanol–water partition coefficient (Wildman–Crippen LogP) is 9.52. The van der Waals surface area contributed by atoms with Crippen LogP contribution in [-0.2, 0) is 0 Å². The molecule has 0 fully saturated rings. The Morgan fingerprint density at radius 3 is 1.86 bits per heavy atom. The molecule has 5 heteroatoms. The Kier molecular flexibility index (Phi) is 4.68. The van der Waals surface area contributed by atoms with Crippen molar-refractivity contribution in [3.63, 3.8) is 0 Å². The molecule has 0 saturated heterocycles. The van der Waals surface area contributed by atoms with Gasteiger partial charge in [0, 0.05) is 38.3 Å². The third-order valence-electron chi connectivity index (χ3n) is 8.52. The molecule has 0 amide bonds. The summed E-state index contributed by atoms with van der Waals surface area (Å²) in [5, 5.41) is 26.3. The fraction of sp³-hybridized carbons (Fsp3) is 0. The second-order valence-corrected chi connectivity index (χ2v) is 10.8. The van der Waals surface area contributed by atoms with E-state index >= 15 is 0 Å². The van der Waals surface area contributed by atoms with Gasteiger partial charge >= 0.3 is 0 Å². The standard InChI is InChI=1S/C38H20N4O/c39-21-23-13-15-34-31(19-23)28-8-2-4-10-32(28)41(34)25-17-24(22-40)18-26(20-25)42-33-11-5-1-7-27(33)29-14-16-36-37(38(29)42)30-9-3-6-12-35(30)43-36/h1-20H. The number of fused-ring (bicyclic) bond motifs is 10. The molecule has 0 N–H and O–H groups in total. The lowest BCUT2D eigenvalue weighted by Crippen LogP contribution is -2.00. The normalized spacial score (nSPS) is 11.7. The summed E-state index contributed by atoms with van der Waals surface area (Å²) < 4.78 is 10.7. The largest absolute Gasteiger partial charge is 0.456 e. The number of para-hydroxylation sites is 3. The Morgan fingerprint density at radius 1 is 0.465 bits per heavy atom. The highest BCUT2D eigenvalue weighted by Gasteiger charge is 2.20. The summed E-state index contributed by atoms with van der Waals surface area (Å²) in [5.74, 6) is 0. The van der Waals surface area contributed by atoms with Gasteiger partial charge in [-0.2, -0.15) is 10.5 Å². The van der Waals surface area contributed by atoms with E-state index in [-0.39, 0.29) is 0 Å². The van der Waals surface area contributed by atoms with Crippen LogP contribution in [0, 0.1) is 22.7 Å². The number of hydrogen-bond donors (Lipinski definition) is 0. The molecule has 5 nitrogen and oxygen atoms in total.